The van der Waals surface area contributed by atoms with Gasteiger partial charge in [-0.3, -0.25) is 4.90 Å². The Bertz CT molecular complexity index is 2020. The number of terminal acetylenes is 1. The molecule has 4 aromatic rings. The molecule has 2 N–H and O–H groups in total. The summed E-state index contributed by atoms with van der Waals surface area (Å²) in [5.74, 6) is 1.57. The second kappa shape index (κ2) is 11.2. The third kappa shape index (κ3) is 4.63. The average Bonchev–Trinajstić information content (AvgIpc) is 3.75. The van der Waals surface area contributed by atoms with Crippen LogP contribution in [0.5, 0.6) is 11.8 Å². The van der Waals surface area contributed by atoms with Crippen LogP contribution in [0.15, 0.2) is 24.3 Å². The molecule has 0 spiro atoms. The Hall–Kier alpha value is -4.14. The number of aryl methyl sites for hydroxylation is 1. The molecule has 11 heteroatoms. The van der Waals surface area contributed by atoms with Crippen LogP contribution in [0.25, 0.3) is 32.9 Å². The second-order valence-corrected chi connectivity index (χ2v) is 14.3. The first-order chi connectivity index (χ1) is 23.3. The minimum absolute atomic E-state index is 0.0297. The summed E-state index contributed by atoms with van der Waals surface area (Å²) in [5, 5.41) is 15.8. The van der Waals surface area contributed by atoms with Crippen LogP contribution in [0.4, 0.5) is 19.0 Å². The van der Waals surface area contributed by atoms with Crippen LogP contribution in [0.2, 0.25) is 0 Å². The first-order valence-corrected chi connectivity index (χ1v) is 17.2. The SMILES string of the molecule is C#Cc1c(F)ccc2cc(O)cc(-c3nc4c5c(nc(OC[C@@]67CCCN6C[C@H](F)C7)nc5c3F)N3C[C@H]5CC[C@H](N5)[C@H]3CCCC4)c12. The molecule has 2 aromatic heterocycles. The molecule has 4 fully saturated rings. The Labute approximate surface area is 276 Å². The van der Waals surface area contributed by atoms with E-state index >= 15 is 8.78 Å². The number of nitrogens with one attached hydrogen (secondary N) is 1. The number of pyridine rings is 1. The average molecular weight is 655 g/mol. The molecule has 0 aliphatic carbocycles. The van der Waals surface area contributed by atoms with Crippen molar-refractivity contribution in [2.75, 3.05) is 31.1 Å². The number of anilines is 1. The van der Waals surface area contributed by atoms with Gasteiger partial charge >= 0.3 is 6.01 Å². The quantitative estimate of drug-likeness (QED) is 0.267. The summed E-state index contributed by atoms with van der Waals surface area (Å²) < 4.78 is 53.3. The lowest BCUT2D eigenvalue weighted by Crippen LogP contribution is -2.58. The van der Waals surface area contributed by atoms with Crippen molar-refractivity contribution in [2.45, 2.75) is 87.6 Å². The van der Waals surface area contributed by atoms with Gasteiger partial charge in [0.15, 0.2) is 5.82 Å². The molecule has 0 saturated carbocycles. The highest BCUT2D eigenvalue weighted by molar-refractivity contribution is 6.03. The monoisotopic (exact) mass is 654 g/mol. The molecule has 48 heavy (non-hydrogen) atoms. The van der Waals surface area contributed by atoms with E-state index in [4.69, 9.17) is 26.1 Å². The number of phenolic OH excluding ortho intramolecular Hbond substituents is 1. The van der Waals surface area contributed by atoms with E-state index in [1.807, 2.05) is 0 Å². The fourth-order valence-electron chi connectivity index (χ4n) is 9.37. The van der Waals surface area contributed by atoms with Crippen LogP contribution in [0.3, 0.4) is 0 Å². The molecule has 0 radical (unpaired) electrons. The van der Waals surface area contributed by atoms with Gasteiger partial charge in [-0.25, -0.2) is 18.2 Å². The number of halogens is 3. The van der Waals surface area contributed by atoms with Crippen LogP contribution < -0.4 is 15.0 Å². The maximum absolute atomic E-state index is 17.3. The lowest BCUT2D eigenvalue weighted by atomic mass is 9.95. The van der Waals surface area contributed by atoms with Gasteiger partial charge in [-0.1, -0.05) is 18.4 Å². The number of aromatic hydroxyl groups is 1. The molecule has 5 atom stereocenters. The number of fused-ring (bicyclic) bond motifs is 7. The predicted octanol–water partition coefficient (Wildman–Crippen LogP) is 5.80. The normalized spacial score (nSPS) is 28.2. The number of hydrogen-bond acceptors (Lipinski definition) is 8. The fraction of sp³-hybridized carbons (Fsp3) is 0.486. The number of piperazine rings is 1. The third-order valence-corrected chi connectivity index (χ3v) is 11.5. The van der Waals surface area contributed by atoms with Crippen molar-refractivity contribution in [1.29, 1.82) is 0 Å². The van der Waals surface area contributed by atoms with Gasteiger partial charge in [0.2, 0.25) is 0 Å². The molecule has 248 valence electrons. The summed E-state index contributed by atoms with van der Waals surface area (Å²) in [6.07, 6.45) is 12.5. The minimum atomic E-state index is -0.913. The number of alkyl halides is 1. The van der Waals surface area contributed by atoms with Gasteiger partial charge in [-0.05, 0) is 75.1 Å². The highest BCUT2D eigenvalue weighted by atomic mass is 19.1. The smallest absolute Gasteiger partial charge is 0.319 e. The zero-order valence-corrected chi connectivity index (χ0v) is 26.6. The van der Waals surface area contributed by atoms with Gasteiger partial charge in [0, 0.05) is 48.6 Å². The summed E-state index contributed by atoms with van der Waals surface area (Å²) in [6, 6.07) is 6.43. The fourth-order valence-corrected chi connectivity index (χ4v) is 9.37. The summed E-state index contributed by atoms with van der Waals surface area (Å²) in [4.78, 5) is 19.2. The van der Waals surface area contributed by atoms with Crippen molar-refractivity contribution in [3.63, 3.8) is 0 Å². The number of rotatable bonds is 4. The molecular formula is C37H37F3N6O2. The molecule has 0 amide bonds. The van der Waals surface area contributed by atoms with E-state index in [9.17, 15) is 9.50 Å². The Morgan fingerprint density at radius 2 is 1.96 bits per heavy atom. The summed E-state index contributed by atoms with van der Waals surface area (Å²) in [5.41, 5.74) is 0.366. The zero-order chi connectivity index (χ0) is 32.7. The number of ether oxygens (including phenoxy) is 1. The Morgan fingerprint density at radius 3 is 2.83 bits per heavy atom. The van der Waals surface area contributed by atoms with E-state index in [-0.39, 0.29) is 46.7 Å². The maximum atomic E-state index is 17.3. The second-order valence-electron chi connectivity index (χ2n) is 14.3. The van der Waals surface area contributed by atoms with Crippen molar-refractivity contribution < 1.29 is 23.0 Å². The summed E-state index contributed by atoms with van der Waals surface area (Å²) >= 11 is 0. The van der Waals surface area contributed by atoms with Gasteiger partial charge in [0.05, 0.1) is 22.2 Å². The van der Waals surface area contributed by atoms with Gasteiger partial charge in [-0.2, -0.15) is 9.97 Å². The number of aromatic nitrogens is 3. The lowest BCUT2D eigenvalue weighted by molar-refractivity contribution is 0.107. The molecule has 2 bridgehead atoms. The molecular weight excluding hydrogens is 617 g/mol. The highest BCUT2D eigenvalue weighted by Crippen LogP contribution is 2.44. The van der Waals surface area contributed by atoms with E-state index in [1.165, 1.54) is 24.3 Å². The van der Waals surface area contributed by atoms with Crippen molar-refractivity contribution in [3.05, 3.63) is 47.2 Å². The Morgan fingerprint density at radius 1 is 1.06 bits per heavy atom. The number of benzene rings is 2. The first-order valence-electron chi connectivity index (χ1n) is 17.2. The van der Waals surface area contributed by atoms with Crippen molar-refractivity contribution in [3.8, 4) is 35.4 Å². The lowest BCUT2D eigenvalue weighted by Gasteiger charge is -2.42. The molecule has 5 aliphatic rings. The van der Waals surface area contributed by atoms with Crippen molar-refractivity contribution >= 4 is 27.5 Å². The molecule has 0 unspecified atom stereocenters. The zero-order valence-electron chi connectivity index (χ0n) is 26.6. The molecule has 7 heterocycles. The highest BCUT2D eigenvalue weighted by Gasteiger charge is 2.49. The minimum Gasteiger partial charge on any atom is -0.508 e. The molecule has 9 rings (SSSR count). The standard InChI is InChI=1S/C37H37F3N6O2/c1-2-24-26(39)10-8-20-14-23(47)15-25(30(20)24)33-32(40)34-31-28(42-33)6-3-4-7-29-27-11-9-22(41-27)18-46(29)35(31)44-36(43-34)48-19-37-12-5-13-45(37)17-21(38)16-37/h1,8,10,14-15,21-22,27,29,41,47H,3-7,9,11-13,16-19H2/t21-,22-,27+,29-,37+/m1/s1. The van der Waals surface area contributed by atoms with Crippen LogP contribution in [-0.2, 0) is 6.42 Å². The number of phenols is 1. The predicted molar refractivity (Wildman–Crippen MR) is 177 cm³/mol. The van der Waals surface area contributed by atoms with Crippen LogP contribution in [0, 0.1) is 24.0 Å². The van der Waals surface area contributed by atoms with E-state index in [1.54, 1.807) is 0 Å². The van der Waals surface area contributed by atoms with Crippen LogP contribution >= 0.6 is 0 Å². The van der Waals surface area contributed by atoms with Crippen molar-refractivity contribution in [2.24, 2.45) is 0 Å². The van der Waals surface area contributed by atoms with Gasteiger partial charge in [0.25, 0.3) is 0 Å². The Kier molecular flexibility index (Phi) is 6.99. The van der Waals surface area contributed by atoms with Crippen LogP contribution in [-0.4, -0.2) is 81.0 Å². The largest absolute Gasteiger partial charge is 0.508 e. The Balaban J connectivity index is 1.26. The summed E-state index contributed by atoms with van der Waals surface area (Å²) in [7, 11) is 0. The number of hydrogen-bond donors (Lipinski definition) is 2. The van der Waals surface area contributed by atoms with Gasteiger partial charge in [-0.15, -0.1) is 6.42 Å². The summed E-state index contributed by atoms with van der Waals surface area (Å²) in [6.45, 7) is 2.15. The van der Waals surface area contributed by atoms with Crippen molar-refractivity contribution in [1.82, 2.24) is 25.2 Å². The third-order valence-electron chi connectivity index (χ3n) is 11.5. The van der Waals surface area contributed by atoms with E-state index in [2.05, 4.69) is 21.0 Å². The molecule has 4 saturated heterocycles. The van der Waals surface area contributed by atoms with E-state index in [0.29, 0.717) is 59.1 Å². The van der Waals surface area contributed by atoms with Gasteiger partial charge in [0.1, 0.15) is 41.4 Å². The van der Waals surface area contributed by atoms with E-state index in [0.717, 1.165) is 58.0 Å². The molecule has 5 aliphatic heterocycles. The van der Waals surface area contributed by atoms with Crippen LogP contribution in [0.1, 0.15) is 62.6 Å². The first kappa shape index (κ1) is 30.0. The number of nitrogens with zero attached hydrogens (tertiary/aromatic N) is 5. The molecule has 8 nitrogen and oxygen atoms in total. The molecule has 2 aromatic carbocycles. The topological polar surface area (TPSA) is 86.6 Å². The maximum Gasteiger partial charge on any atom is 0.319 e. The van der Waals surface area contributed by atoms with Gasteiger partial charge < -0.3 is 20.1 Å². The van der Waals surface area contributed by atoms with E-state index < -0.39 is 23.3 Å².